The van der Waals surface area contributed by atoms with Gasteiger partial charge in [-0.25, -0.2) is 0 Å². The second-order valence-electron chi connectivity index (χ2n) is 6.60. The Morgan fingerprint density at radius 1 is 1.04 bits per heavy atom. The zero-order valence-corrected chi connectivity index (χ0v) is 16.3. The Labute approximate surface area is 164 Å². The molecule has 0 saturated heterocycles. The number of hydrogen-bond acceptors (Lipinski definition) is 4. The third-order valence-corrected chi connectivity index (χ3v) is 5.08. The minimum Gasteiger partial charge on any atom is -0.497 e. The van der Waals surface area contributed by atoms with E-state index in [2.05, 4.69) is 0 Å². The van der Waals surface area contributed by atoms with E-state index in [9.17, 15) is 14.4 Å². The number of amides is 2. The molecule has 1 heterocycles. The molecule has 0 saturated carbocycles. The SMILES string of the molecule is CCN(CC)C(=O)[C@@H](Cc1ccc(OC)cc1)N1C(=O)C(=O)c2ccccc21. The van der Waals surface area contributed by atoms with Gasteiger partial charge >= 0.3 is 0 Å². The molecule has 2 aromatic carbocycles. The van der Waals surface area contributed by atoms with Gasteiger partial charge in [0.2, 0.25) is 5.91 Å². The normalized spacial score (nSPS) is 14.0. The number of ketones is 1. The fourth-order valence-electron chi connectivity index (χ4n) is 3.54. The van der Waals surface area contributed by atoms with Crippen LogP contribution in [0.25, 0.3) is 0 Å². The first-order valence-corrected chi connectivity index (χ1v) is 9.40. The van der Waals surface area contributed by atoms with Crippen LogP contribution in [-0.4, -0.2) is 48.7 Å². The van der Waals surface area contributed by atoms with Crippen molar-refractivity contribution in [2.24, 2.45) is 0 Å². The van der Waals surface area contributed by atoms with Crippen molar-refractivity contribution in [2.75, 3.05) is 25.1 Å². The largest absolute Gasteiger partial charge is 0.497 e. The molecule has 146 valence electrons. The van der Waals surface area contributed by atoms with E-state index < -0.39 is 17.7 Å². The van der Waals surface area contributed by atoms with E-state index in [1.165, 1.54) is 4.90 Å². The number of para-hydroxylation sites is 1. The molecule has 0 spiro atoms. The number of methoxy groups -OCH3 is 1. The van der Waals surface area contributed by atoms with Crippen molar-refractivity contribution in [1.82, 2.24) is 4.90 Å². The second kappa shape index (κ2) is 8.25. The van der Waals surface area contributed by atoms with Gasteiger partial charge in [0.15, 0.2) is 0 Å². The van der Waals surface area contributed by atoms with Crippen molar-refractivity contribution in [1.29, 1.82) is 0 Å². The number of likely N-dealkylation sites (N-methyl/N-ethyl adjacent to an activating group) is 1. The monoisotopic (exact) mass is 380 g/mol. The zero-order valence-electron chi connectivity index (χ0n) is 16.3. The third-order valence-electron chi connectivity index (χ3n) is 5.08. The van der Waals surface area contributed by atoms with E-state index in [1.807, 2.05) is 38.1 Å². The molecule has 1 aliphatic rings. The average Bonchev–Trinajstić information content (AvgIpc) is 2.98. The van der Waals surface area contributed by atoms with Gasteiger partial charge in [-0.15, -0.1) is 0 Å². The Hall–Kier alpha value is -3.15. The van der Waals surface area contributed by atoms with Crippen LogP contribution in [0.5, 0.6) is 5.75 Å². The summed E-state index contributed by atoms with van der Waals surface area (Å²) >= 11 is 0. The maximum absolute atomic E-state index is 13.3. The van der Waals surface area contributed by atoms with Gasteiger partial charge < -0.3 is 9.64 Å². The lowest BCUT2D eigenvalue weighted by Gasteiger charge is -2.31. The molecule has 6 heteroatoms. The van der Waals surface area contributed by atoms with Crippen molar-refractivity contribution < 1.29 is 19.1 Å². The maximum atomic E-state index is 13.3. The van der Waals surface area contributed by atoms with Gasteiger partial charge in [0.25, 0.3) is 11.7 Å². The van der Waals surface area contributed by atoms with Crippen LogP contribution in [-0.2, 0) is 16.0 Å². The highest BCUT2D eigenvalue weighted by molar-refractivity contribution is 6.52. The summed E-state index contributed by atoms with van der Waals surface area (Å²) in [7, 11) is 1.59. The van der Waals surface area contributed by atoms with Gasteiger partial charge in [0.1, 0.15) is 11.8 Å². The molecule has 0 unspecified atom stereocenters. The lowest BCUT2D eigenvalue weighted by atomic mass is 10.0. The van der Waals surface area contributed by atoms with Gasteiger partial charge in [0, 0.05) is 19.5 Å². The number of Topliss-reactive ketones (excluding diaryl/α,β-unsaturated/α-hetero) is 1. The molecule has 0 aliphatic carbocycles. The molecule has 1 aliphatic heterocycles. The molecule has 2 amide bonds. The van der Waals surface area contributed by atoms with Crippen LogP contribution < -0.4 is 9.64 Å². The van der Waals surface area contributed by atoms with Gasteiger partial charge in [0.05, 0.1) is 18.4 Å². The standard InChI is InChI=1S/C22H24N2O4/c1-4-23(5-2)21(26)19(14-15-10-12-16(28-3)13-11-15)24-18-9-7-6-8-17(18)20(25)22(24)27/h6-13,19H,4-5,14H2,1-3H3/t19-/m1/s1. The highest BCUT2D eigenvalue weighted by atomic mass is 16.5. The first kappa shape index (κ1) is 19.6. The molecule has 2 aromatic rings. The van der Waals surface area contributed by atoms with E-state index in [-0.39, 0.29) is 5.91 Å². The van der Waals surface area contributed by atoms with E-state index in [0.717, 1.165) is 5.56 Å². The summed E-state index contributed by atoms with van der Waals surface area (Å²) in [5.41, 5.74) is 1.73. The molecular formula is C22H24N2O4. The van der Waals surface area contributed by atoms with Crippen molar-refractivity contribution in [3.63, 3.8) is 0 Å². The molecule has 0 radical (unpaired) electrons. The summed E-state index contributed by atoms with van der Waals surface area (Å²) in [5.74, 6) is -0.672. The number of rotatable bonds is 7. The minimum atomic E-state index is -0.784. The van der Waals surface area contributed by atoms with Crippen LogP contribution in [0.2, 0.25) is 0 Å². The van der Waals surface area contributed by atoms with Crippen LogP contribution in [0, 0.1) is 0 Å². The summed E-state index contributed by atoms with van der Waals surface area (Å²) in [4.78, 5) is 41.6. The Morgan fingerprint density at radius 2 is 1.68 bits per heavy atom. The molecule has 0 fully saturated rings. The minimum absolute atomic E-state index is 0.168. The van der Waals surface area contributed by atoms with Gasteiger partial charge in [-0.3, -0.25) is 19.3 Å². The predicted octanol–water partition coefficient (Wildman–Crippen LogP) is 2.70. The fraction of sp³-hybridized carbons (Fsp3) is 0.318. The number of nitrogens with zero attached hydrogens (tertiary/aromatic N) is 2. The summed E-state index contributed by atoms with van der Waals surface area (Å²) in [6.45, 7) is 4.87. The maximum Gasteiger partial charge on any atom is 0.300 e. The Bertz CT molecular complexity index is 888. The van der Waals surface area contributed by atoms with Crippen LogP contribution in [0.4, 0.5) is 5.69 Å². The number of fused-ring (bicyclic) bond motifs is 1. The Kier molecular flexibility index (Phi) is 5.78. The van der Waals surface area contributed by atoms with Crippen molar-refractivity contribution >= 4 is 23.3 Å². The summed E-state index contributed by atoms with van der Waals surface area (Å²) in [6, 6.07) is 13.4. The number of benzene rings is 2. The van der Waals surface area contributed by atoms with Crippen LogP contribution in [0.1, 0.15) is 29.8 Å². The van der Waals surface area contributed by atoms with Crippen molar-refractivity contribution in [3.8, 4) is 5.75 Å². The molecule has 0 N–H and O–H groups in total. The topological polar surface area (TPSA) is 66.9 Å². The highest BCUT2D eigenvalue weighted by Gasteiger charge is 2.43. The Morgan fingerprint density at radius 3 is 2.29 bits per heavy atom. The van der Waals surface area contributed by atoms with Crippen LogP contribution in [0.3, 0.4) is 0 Å². The van der Waals surface area contributed by atoms with E-state index >= 15 is 0 Å². The smallest absolute Gasteiger partial charge is 0.300 e. The zero-order chi connectivity index (χ0) is 20.3. The molecule has 0 aromatic heterocycles. The first-order chi connectivity index (χ1) is 13.5. The first-order valence-electron chi connectivity index (χ1n) is 9.40. The summed E-state index contributed by atoms with van der Waals surface area (Å²) in [5, 5.41) is 0. The Balaban J connectivity index is 2.02. The third kappa shape index (κ3) is 3.50. The van der Waals surface area contributed by atoms with Gasteiger partial charge in [-0.1, -0.05) is 24.3 Å². The van der Waals surface area contributed by atoms with Crippen molar-refractivity contribution in [2.45, 2.75) is 26.3 Å². The number of hydrogen-bond donors (Lipinski definition) is 0. The molecule has 3 rings (SSSR count). The molecular weight excluding hydrogens is 356 g/mol. The molecule has 28 heavy (non-hydrogen) atoms. The van der Waals surface area contributed by atoms with Crippen LogP contribution in [0.15, 0.2) is 48.5 Å². The van der Waals surface area contributed by atoms with Crippen LogP contribution >= 0.6 is 0 Å². The number of carbonyl (C=O) groups is 3. The van der Waals surface area contributed by atoms with E-state index in [4.69, 9.17) is 4.74 Å². The lowest BCUT2D eigenvalue weighted by Crippen LogP contribution is -2.52. The molecule has 0 bridgehead atoms. The van der Waals surface area contributed by atoms with E-state index in [0.29, 0.717) is 36.5 Å². The number of ether oxygens (including phenoxy) is 1. The summed E-state index contributed by atoms with van der Waals surface area (Å²) < 4.78 is 5.19. The fourth-order valence-corrected chi connectivity index (χ4v) is 3.54. The highest BCUT2D eigenvalue weighted by Crippen LogP contribution is 2.32. The lowest BCUT2D eigenvalue weighted by molar-refractivity contribution is -0.133. The van der Waals surface area contributed by atoms with Gasteiger partial charge in [-0.05, 0) is 43.7 Å². The summed E-state index contributed by atoms with van der Waals surface area (Å²) in [6.07, 6.45) is 0.312. The van der Waals surface area contributed by atoms with Crippen molar-refractivity contribution in [3.05, 3.63) is 59.7 Å². The predicted molar refractivity (Wildman–Crippen MR) is 107 cm³/mol. The average molecular weight is 380 g/mol. The number of carbonyl (C=O) groups excluding carboxylic acids is 3. The second-order valence-corrected chi connectivity index (χ2v) is 6.60. The molecule has 1 atom stereocenters. The quantitative estimate of drug-likeness (QED) is 0.693. The van der Waals surface area contributed by atoms with Gasteiger partial charge in [-0.2, -0.15) is 0 Å². The van der Waals surface area contributed by atoms with E-state index in [1.54, 1.807) is 36.3 Å². The number of anilines is 1. The molecule has 6 nitrogen and oxygen atoms in total.